The summed E-state index contributed by atoms with van der Waals surface area (Å²) in [7, 11) is 0. The number of carbonyl (C=O) groups is 1. The Bertz CT molecular complexity index is 958. The minimum absolute atomic E-state index is 0.00566. The molecule has 1 N–H and O–H groups in total. The summed E-state index contributed by atoms with van der Waals surface area (Å²) >= 11 is 5.89. The van der Waals surface area contributed by atoms with Gasteiger partial charge in [0.1, 0.15) is 5.82 Å². The first kappa shape index (κ1) is 16.7. The van der Waals surface area contributed by atoms with Gasteiger partial charge in [0.05, 0.1) is 11.3 Å². The molecule has 0 saturated heterocycles. The van der Waals surface area contributed by atoms with Crippen molar-refractivity contribution in [3.05, 3.63) is 82.4 Å². The number of anilines is 2. The molecule has 1 aliphatic rings. The molecule has 0 fully saturated rings. The Morgan fingerprint density at radius 2 is 1.77 bits per heavy atom. The predicted molar refractivity (Wildman–Crippen MR) is 98.6 cm³/mol. The van der Waals surface area contributed by atoms with Crippen molar-refractivity contribution in [1.82, 2.24) is 9.97 Å². The van der Waals surface area contributed by atoms with E-state index in [2.05, 4.69) is 15.3 Å². The third kappa shape index (κ3) is 3.44. The highest BCUT2D eigenvalue weighted by atomic mass is 35.5. The highest BCUT2D eigenvalue weighted by Gasteiger charge is 2.28. The molecule has 3 aromatic rings. The summed E-state index contributed by atoms with van der Waals surface area (Å²) < 4.78 is 13.2. The zero-order chi connectivity index (χ0) is 18.1. The second kappa shape index (κ2) is 6.84. The van der Waals surface area contributed by atoms with Crippen molar-refractivity contribution < 1.29 is 9.18 Å². The van der Waals surface area contributed by atoms with Crippen LogP contribution in [0.3, 0.4) is 0 Å². The van der Waals surface area contributed by atoms with E-state index in [1.165, 1.54) is 12.1 Å². The summed E-state index contributed by atoms with van der Waals surface area (Å²) in [5, 5.41) is 3.76. The van der Waals surface area contributed by atoms with Crippen LogP contribution in [0.1, 0.15) is 34.0 Å². The third-order valence-electron chi connectivity index (χ3n) is 4.48. The van der Waals surface area contributed by atoms with Crippen LogP contribution in [-0.2, 0) is 6.42 Å². The normalized spacial score (nSPS) is 16.2. The molecule has 0 bridgehead atoms. The Morgan fingerprint density at radius 1 is 1.04 bits per heavy atom. The van der Waals surface area contributed by atoms with Gasteiger partial charge in [-0.25, -0.2) is 14.4 Å². The lowest BCUT2D eigenvalue weighted by Gasteiger charge is -2.23. The Hall–Kier alpha value is -2.79. The molecule has 0 spiro atoms. The summed E-state index contributed by atoms with van der Waals surface area (Å²) in [6.45, 7) is 0. The molecule has 130 valence electrons. The van der Waals surface area contributed by atoms with Gasteiger partial charge in [-0.3, -0.25) is 4.79 Å². The van der Waals surface area contributed by atoms with Crippen molar-refractivity contribution in [3.8, 4) is 0 Å². The van der Waals surface area contributed by atoms with Crippen LogP contribution in [0.15, 0.2) is 54.7 Å². The van der Waals surface area contributed by atoms with Crippen LogP contribution in [0.2, 0.25) is 5.02 Å². The van der Waals surface area contributed by atoms with E-state index in [4.69, 9.17) is 11.6 Å². The van der Waals surface area contributed by atoms with E-state index in [1.807, 2.05) is 12.1 Å². The van der Waals surface area contributed by atoms with Gasteiger partial charge in [-0.2, -0.15) is 0 Å². The van der Waals surface area contributed by atoms with Gasteiger partial charge in [0.25, 0.3) is 0 Å². The largest absolute Gasteiger partial charge is 0.324 e. The molecule has 0 amide bonds. The molecule has 0 aliphatic heterocycles. The summed E-state index contributed by atoms with van der Waals surface area (Å²) in [6.07, 6.45) is 2.57. The first-order chi connectivity index (χ1) is 12.6. The number of hydrogen-bond donors (Lipinski definition) is 1. The van der Waals surface area contributed by atoms with Crippen molar-refractivity contribution in [3.63, 3.8) is 0 Å². The molecular weight excluding hydrogens is 353 g/mol. The van der Waals surface area contributed by atoms with Crippen molar-refractivity contribution in [1.29, 1.82) is 0 Å². The fourth-order valence-electron chi connectivity index (χ4n) is 3.14. The van der Waals surface area contributed by atoms with Gasteiger partial charge in [0.2, 0.25) is 5.95 Å². The Balaban J connectivity index is 1.60. The number of rotatable bonds is 3. The maximum atomic E-state index is 13.2. The van der Waals surface area contributed by atoms with Crippen molar-refractivity contribution >= 4 is 29.0 Å². The maximum Gasteiger partial charge on any atom is 0.227 e. The topological polar surface area (TPSA) is 54.9 Å². The lowest BCUT2D eigenvalue weighted by Crippen LogP contribution is -2.21. The standard InChI is InChI=1S/C20H15ClFN3O/c21-14-3-7-16(8-4-14)24-20-23-11-17-18(25-20)9-13(10-19(17)26)12-1-5-15(22)6-2-12/h1-8,11,13H,9-10H2,(H,23,24,25)/t13-/m0/s1. The minimum Gasteiger partial charge on any atom is -0.324 e. The fourth-order valence-corrected chi connectivity index (χ4v) is 3.26. The van der Waals surface area contributed by atoms with Crippen LogP contribution in [0.25, 0.3) is 0 Å². The zero-order valence-corrected chi connectivity index (χ0v) is 14.5. The van der Waals surface area contributed by atoms with Crippen LogP contribution in [0.5, 0.6) is 0 Å². The number of fused-ring (bicyclic) bond motifs is 1. The van der Waals surface area contributed by atoms with Gasteiger partial charge in [-0.15, -0.1) is 0 Å². The van der Waals surface area contributed by atoms with E-state index < -0.39 is 0 Å². The third-order valence-corrected chi connectivity index (χ3v) is 4.73. The van der Waals surface area contributed by atoms with Gasteiger partial charge in [-0.05, 0) is 54.3 Å². The molecule has 4 nitrogen and oxygen atoms in total. The molecule has 0 radical (unpaired) electrons. The van der Waals surface area contributed by atoms with Crippen LogP contribution in [0.4, 0.5) is 16.0 Å². The number of hydrogen-bond acceptors (Lipinski definition) is 4. The number of benzene rings is 2. The van der Waals surface area contributed by atoms with Gasteiger partial charge < -0.3 is 5.32 Å². The molecule has 1 heterocycles. The number of nitrogens with zero attached hydrogens (tertiary/aromatic N) is 2. The quantitative estimate of drug-likeness (QED) is 0.713. The number of Topliss-reactive ketones (excluding diaryl/α,β-unsaturated/α-hetero) is 1. The molecule has 1 aliphatic carbocycles. The van der Waals surface area contributed by atoms with Gasteiger partial charge in [0, 0.05) is 23.3 Å². The lowest BCUT2D eigenvalue weighted by molar-refractivity contribution is 0.0962. The van der Waals surface area contributed by atoms with Crippen LogP contribution in [-0.4, -0.2) is 15.8 Å². The Morgan fingerprint density at radius 3 is 2.50 bits per heavy atom. The molecule has 6 heteroatoms. The van der Waals surface area contributed by atoms with Crippen LogP contribution in [0, 0.1) is 5.82 Å². The van der Waals surface area contributed by atoms with Crippen molar-refractivity contribution in [2.24, 2.45) is 0 Å². The second-order valence-corrected chi connectivity index (χ2v) is 6.70. The number of carbonyl (C=O) groups excluding carboxylic acids is 1. The first-order valence-corrected chi connectivity index (χ1v) is 8.63. The average molecular weight is 368 g/mol. The number of halogens is 2. The summed E-state index contributed by atoms with van der Waals surface area (Å²) in [5.41, 5.74) is 3.02. The molecular formula is C20H15ClFN3O. The van der Waals surface area contributed by atoms with Crippen molar-refractivity contribution in [2.75, 3.05) is 5.32 Å². The zero-order valence-electron chi connectivity index (χ0n) is 13.7. The monoisotopic (exact) mass is 367 g/mol. The second-order valence-electron chi connectivity index (χ2n) is 6.27. The molecule has 2 aromatic carbocycles. The summed E-state index contributed by atoms with van der Waals surface area (Å²) in [5.74, 6) is 0.152. The predicted octanol–water partition coefficient (Wildman–Crippen LogP) is 4.93. The first-order valence-electron chi connectivity index (χ1n) is 8.25. The molecule has 1 atom stereocenters. The number of nitrogens with one attached hydrogen (secondary N) is 1. The van der Waals surface area contributed by atoms with E-state index in [-0.39, 0.29) is 17.5 Å². The van der Waals surface area contributed by atoms with Gasteiger partial charge in [-0.1, -0.05) is 23.7 Å². The average Bonchev–Trinajstić information content (AvgIpc) is 2.64. The molecule has 26 heavy (non-hydrogen) atoms. The van der Waals surface area contributed by atoms with Gasteiger partial charge >= 0.3 is 0 Å². The molecule has 4 rings (SSSR count). The molecule has 0 saturated carbocycles. The minimum atomic E-state index is -0.284. The van der Waals surface area contributed by atoms with E-state index in [9.17, 15) is 9.18 Å². The molecule has 1 aromatic heterocycles. The Labute approximate surface area is 155 Å². The number of aromatic nitrogens is 2. The van der Waals surface area contributed by atoms with E-state index >= 15 is 0 Å². The smallest absolute Gasteiger partial charge is 0.227 e. The lowest BCUT2D eigenvalue weighted by atomic mass is 9.82. The molecule has 0 unspecified atom stereocenters. The Kier molecular flexibility index (Phi) is 4.39. The summed E-state index contributed by atoms with van der Waals surface area (Å²) in [4.78, 5) is 21.2. The van der Waals surface area contributed by atoms with E-state index in [1.54, 1.807) is 30.5 Å². The summed E-state index contributed by atoms with van der Waals surface area (Å²) in [6, 6.07) is 13.5. The van der Waals surface area contributed by atoms with E-state index in [0.717, 1.165) is 11.3 Å². The SMILES string of the molecule is O=C1C[C@@H](c2ccc(F)cc2)Cc2nc(Nc3ccc(Cl)cc3)ncc21. The highest BCUT2D eigenvalue weighted by molar-refractivity contribution is 6.30. The van der Waals surface area contributed by atoms with Gasteiger partial charge in [0.15, 0.2) is 5.78 Å². The van der Waals surface area contributed by atoms with Crippen LogP contribution < -0.4 is 5.32 Å². The van der Waals surface area contributed by atoms with E-state index in [0.29, 0.717) is 35.1 Å². The fraction of sp³-hybridized carbons (Fsp3) is 0.150. The van der Waals surface area contributed by atoms with Crippen molar-refractivity contribution in [2.45, 2.75) is 18.8 Å². The number of ketones is 1. The van der Waals surface area contributed by atoms with Crippen LogP contribution >= 0.6 is 11.6 Å². The maximum absolute atomic E-state index is 13.2. The highest BCUT2D eigenvalue weighted by Crippen LogP contribution is 2.32.